The van der Waals surface area contributed by atoms with Crippen molar-refractivity contribution in [1.29, 1.82) is 0 Å². The van der Waals surface area contributed by atoms with Crippen LogP contribution in [0.4, 0.5) is 4.39 Å². The minimum Gasteiger partial charge on any atom is -0.481 e. The quantitative estimate of drug-likeness (QED) is 0.900. The van der Waals surface area contributed by atoms with E-state index in [0.29, 0.717) is 11.1 Å². The number of carboxylic acid groups (broad SMARTS) is 1. The normalized spacial score (nSPS) is 15.8. The van der Waals surface area contributed by atoms with Gasteiger partial charge in [0.25, 0.3) is 5.91 Å². The molecule has 1 saturated carbocycles. The fraction of sp³-hybridized carbons (Fsp3) is 0.467. The van der Waals surface area contributed by atoms with E-state index in [9.17, 15) is 14.0 Å². The van der Waals surface area contributed by atoms with Gasteiger partial charge in [-0.2, -0.15) is 0 Å². The minimum atomic E-state index is -0.931. The Hall–Kier alpha value is -1.91. The Morgan fingerprint density at radius 2 is 2.10 bits per heavy atom. The summed E-state index contributed by atoms with van der Waals surface area (Å²) >= 11 is 0. The van der Waals surface area contributed by atoms with E-state index in [0.717, 1.165) is 12.8 Å². The van der Waals surface area contributed by atoms with Crippen LogP contribution < -0.4 is 0 Å². The van der Waals surface area contributed by atoms with E-state index in [2.05, 4.69) is 0 Å². The molecule has 1 N–H and O–H groups in total. The van der Waals surface area contributed by atoms with Crippen molar-refractivity contribution in [1.82, 2.24) is 4.90 Å². The van der Waals surface area contributed by atoms with Gasteiger partial charge in [-0.3, -0.25) is 9.59 Å². The predicted octanol–water partition coefficient (Wildman–Crippen LogP) is 2.46. The zero-order valence-electron chi connectivity index (χ0n) is 11.6. The number of hydrogen-bond acceptors (Lipinski definition) is 2. The fourth-order valence-electron chi connectivity index (χ4n) is 2.15. The highest BCUT2D eigenvalue weighted by molar-refractivity contribution is 5.96. The predicted molar refractivity (Wildman–Crippen MR) is 72.0 cm³/mol. The fourth-order valence-corrected chi connectivity index (χ4v) is 2.15. The molecule has 20 heavy (non-hydrogen) atoms. The molecule has 0 saturated heterocycles. The van der Waals surface area contributed by atoms with E-state index in [4.69, 9.17) is 5.11 Å². The first-order valence-corrected chi connectivity index (χ1v) is 6.70. The molecule has 1 aromatic rings. The van der Waals surface area contributed by atoms with Crippen molar-refractivity contribution in [2.45, 2.75) is 32.7 Å². The van der Waals surface area contributed by atoms with Crippen LogP contribution in [0.2, 0.25) is 0 Å². The lowest BCUT2D eigenvalue weighted by Crippen LogP contribution is -2.39. The molecule has 1 fully saturated rings. The van der Waals surface area contributed by atoms with Crippen LogP contribution in [-0.2, 0) is 4.79 Å². The van der Waals surface area contributed by atoms with Gasteiger partial charge >= 0.3 is 5.97 Å². The van der Waals surface area contributed by atoms with Crippen molar-refractivity contribution in [3.8, 4) is 0 Å². The number of nitrogens with zero attached hydrogens (tertiary/aromatic N) is 1. The Kier molecular flexibility index (Phi) is 4.06. The molecule has 1 amide bonds. The standard InChI is InChI=1S/C15H18FNO3/c1-9(15(19)20)8-17(11-6-7-11)14(18)12-4-3-5-13(16)10(12)2/h3-5,9,11H,6-8H2,1-2H3,(H,19,20). The summed E-state index contributed by atoms with van der Waals surface area (Å²) in [6, 6.07) is 4.49. The van der Waals surface area contributed by atoms with Gasteiger partial charge in [-0.15, -0.1) is 0 Å². The summed E-state index contributed by atoms with van der Waals surface area (Å²) in [6.45, 7) is 3.30. The Labute approximate surface area is 117 Å². The van der Waals surface area contributed by atoms with Gasteiger partial charge < -0.3 is 10.0 Å². The number of amides is 1. The van der Waals surface area contributed by atoms with Gasteiger partial charge in [-0.25, -0.2) is 4.39 Å². The highest BCUT2D eigenvalue weighted by atomic mass is 19.1. The molecule has 0 spiro atoms. The molecule has 1 atom stereocenters. The van der Waals surface area contributed by atoms with Crippen molar-refractivity contribution >= 4 is 11.9 Å². The molecule has 0 aliphatic heterocycles. The second-order valence-electron chi connectivity index (χ2n) is 5.34. The highest BCUT2D eigenvalue weighted by Crippen LogP contribution is 2.30. The summed E-state index contributed by atoms with van der Waals surface area (Å²) in [5, 5.41) is 8.99. The van der Waals surface area contributed by atoms with Crippen LogP contribution in [0.3, 0.4) is 0 Å². The third-order valence-electron chi connectivity index (χ3n) is 3.64. The highest BCUT2D eigenvalue weighted by Gasteiger charge is 2.35. The second-order valence-corrected chi connectivity index (χ2v) is 5.34. The average molecular weight is 279 g/mol. The third-order valence-corrected chi connectivity index (χ3v) is 3.64. The summed E-state index contributed by atoms with van der Waals surface area (Å²) in [5.41, 5.74) is 0.626. The number of aliphatic carboxylic acids is 1. The number of halogens is 1. The maximum Gasteiger partial charge on any atom is 0.308 e. The van der Waals surface area contributed by atoms with Crippen molar-refractivity contribution in [3.63, 3.8) is 0 Å². The zero-order chi connectivity index (χ0) is 14.9. The van der Waals surface area contributed by atoms with Gasteiger partial charge in [-0.05, 0) is 37.5 Å². The number of rotatable bonds is 5. The molecule has 1 aliphatic rings. The van der Waals surface area contributed by atoms with Gasteiger partial charge in [0, 0.05) is 18.2 Å². The van der Waals surface area contributed by atoms with Crippen LogP contribution in [0.15, 0.2) is 18.2 Å². The first kappa shape index (κ1) is 14.5. The van der Waals surface area contributed by atoms with Gasteiger partial charge in [0.1, 0.15) is 5.82 Å². The first-order valence-electron chi connectivity index (χ1n) is 6.70. The molecule has 108 valence electrons. The lowest BCUT2D eigenvalue weighted by molar-refractivity contribution is -0.141. The molecule has 0 bridgehead atoms. The average Bonchev–Trinajstić information content (AvgIpc) is 3.22. The Morgan fingerprint density at radius 3 is 2.65 bits per heavy atom. The number of carboxylic acids is 1. The number of carbonyl (C=O) groups is 2. The Bertz CT molecular complexity index is 540. The molecule has 1 aliphatic carbocycles. The van der Waals surface area contributed by atoms with E-state index < -0.39 is 17.7 Å². The SMILES string of the molecule is Cc1c(F)cccc1C(=O)N(CC(C)C(=O)O)C1CC1. The molecule has 2 rings (SSSR count). The molecule has 0 heterocycles. The third kappa shape index (κ3) is 2.98. The molecule has 1 aromatic carbocycles. The van der Waals surface area contributed by atoms with Gasteiger partial charge in [0.15, 0.2) is 0 Å². The van der Waals surface area contributed by atoms with Crippen LogP contribution in [0.25, 0.3) is 0 Å². The van der Waals surface area contributed by atoms with Gasteiger partial charge in [0.05, 0.1) is 5.92 Å². The van der Waals surface area contributed by atoms with Crippen molar-refractivity contribution in [2.24, 2.45) is 5.92 Å². The van der Waals surface area contributed by atoms with Crippen molar-refractivity contribution < 1.29 is 19.1 Å². The minimum absolute atomic E-state index is 0.0898. The van der Waals surface area contributed by atoms with Crippen LogP contribution in [0, 0.1) is 18.7 Å². The summed E-state index contributed by atoms with van der Waals surface area (Å²) in [7, 11) is 0. The van der Waals surface area contributed by atoms with Crippen LogP contribution in [-0.4, -0.2) is 34.5 Å². The summed E-state index contributed by atoms with van der Waals surface area (Å²) < 4.78 is 13.5. The van der Waals surface area contributed by atoms with E-state index >= 15 is 0 Å². The molecule has 4 nitrogen and oxygen atoms in total. The Morgan fingerprint density at radius 1 is 1.45 bits per heavy atom. The van der Waals surface area contributed by atoms with E-state index in [1.807, 2.05) is 0 Å². The zero-order valence-corrected chi connectivity index (χ0v) is 11.6. The summed E-state index contributed by atoms with van der Waals surface area (Å²) in [5.74, 6) is -2.26. The van der Waals surface area contributed by atoms with E-state index in [1.54, 1.807) is 24.8 Å². The van der Waals surface area contributed by atoms with Crippen LogP contribution >= 0.6 is 0 Å². The number of hydrogen-bond donors (Lipinski definition) is 1. The van der Waals surface area contributed by atoms with Crippen molar-refractivity contribution in [3.05, 3.63) is 35.1 Å². The van der Waals surface area contributed by atoms with Gasteiger partial charge in [0.2, 0.25) is 0 Å². The lowest BCUT2D eigenvalue weighted by Gasteiger charge is -2.25. The molecule has 1 unspecified atom stereocenters. The molecular formula is C15H18FNO3. The largest absolute Gasteiger partial charge is 0.481 e. The smallest absolute Gasteiger partial charge is 0.308 e. The molecule has 0 radical (unpaired) electrons. The number of carbonyl (C=O) groups excluding carboxylic acids is 1. The molecule has 5 heteroatoms. The summed E-state index contributed by atoms with van der Waals surface area (Å²) in [6.07, 6.45) is 1.76. The first-order chi connectivity index (χ1) is 9.41. The lowest BCUT2D eigenvalue weighted by atomic mass is 10.1. The van der Waals surface area contributed by atoms with Gasteiger partial charge in [-0.1, -0.05) is 13.0 Å². The van der Waals surface area contributed by atoms with E-state index in [-0.39, 0.29) is 18.5 Å². The van der Waals surface area contributed by atoms with Crippen LogP contribution in [0.5, 0.6) is 0 Å². The maximum absolute atomic E-state index is 13.5. The molecular weight excluding hydrogens is 261 g/mol. The number of benzene rings is 1. The molecule has 0 aromatic heterocycles. The Balaban J connectivity index is 2.23. The van der Waals surface area contributed by atoms with Crippen LogP contribution in [0.1, 0.15) is 35.7 Å². The second kappa shape index (κ2) is 5.61. The maximum atomic E-state index is 13.5. The monoisotopic (exact) mass is 279 g/mol. The van der Waals surface area contributed by atoms with Crippen molar-refractivity contribution in [2.75, 3.05) is 6.54 Å². The topological polar surface area (TPSA) is 57.6 Å². The summed E-state index contributed by atoms with van der Waals surface area (Å²) in [4.78, 5) is 25.1. The van der Waals surface area contributed by atoms with E-state index in [1.165, 1.54) is 12.1 Å².